The van der Waals surface area contributed by atoms with Gasteiger partial charge in [-0.05, 0) is 60.2 Å². The number of carboxylic acids is 1. The number of nitrogens with one attached hydrogen (secondary N) is 1. The van der Waals surface area contributed by atoms with Crippen LogP contribution in [0.15, 0.2) is 97.2 Å². The highest BCUT2D eigenvalue weighted by Crippen LogP contribution is 2.37. The Labute approximate surface area is 218 Å². The highest BCUT2D eigenvalue weighted by Gasteiger charge is 2.30. The maximum absolute atomic E-state index is 13.3. The van der Waals surface area contributed by atoms with Crippen LogP contribution in [-0.4, -0.2) is 26.8 Å². The molecule has 3 aromatic carbocycles. The smallest absolute Gasteiger partial charge is 0.416 e. The fourth-order valence-electron chi connectivity index (χ4n) is 3.81. The molecule has 0 fully saturated rings. The predicted octanol–water partition coefficient (Wildman–Crippen LogP) is 7.24. The van der Waals surface area contributed by atoms with Crippen molar-refractivity contribution < 1.29 is 27.9 Å². The molecule has 1 amide bonds. The van der Waals surface area contributed by atoms with E-state index in [-0.39, 0.29) is 11.1 Å². The molecule has 0 aliphatic heterocycles. The number of aromatic carboxylic acids is 1. The summed E-state index contributed by atoms with van der Waals surface area (Å²) in [7, 11) is 0. The number of hydrogen-bond donors (Lipinski definition) is 2. The standard InChI is InChI=1S/C28H18F3N3O3S/c29-28(30,31)19-11-9-17(10-12-19)23-13-14-24(38-23)25-22(16-34(33-25)21-7-2-1-3-8-21)26(35)32-20-6-4-5-18(15-20)27(36)37/h1-16H,(H,32,35)(H,36,37). The quantitative estimate of drug-likeness (QED) is 0.241. The molecule has 190 valence electrons. The fourth-order valence-corrected chi connectivity index (χ4v) is 4.82. The second-order valence-electron chi connectivity index (χ2n) is 8.25. The Morgan fingerprint density at radius 3 is 2.26 bits per heavy atom. The molecule has 5 aromatic rings. The number of thiophene rings is 1. The van der Waals surface area contributed by atoms with Crippen LogP contribution in [0, 0.1) is 0 Å². The van der Waals surface area contributed by atoms with E-state index in [1.54, 1.807) is 29.1 Å². The summed E-state index contributed by atoms with van der Waals surface area (Å²) in [6, 6.07) is 23.5. The van der Waals surface area contributed by atoms with Gasteiger partial charge in [0.05, 0.1) is 27.3 Å². The third-order valence-corrected chi connectivity index (χ3v) is 6.82. The van der Waals surface area contributed by atoms with E-state index < -0.39 is 23.6 Å². The molecule has 2 N–H and O–H groups in total. The summed E-state index contributed by atoms with van der Waals surface area (Å²) >= 11 is 1.29. The number of carbonyl (C=O) groups excluding carboxylic acids is 1. The van der Waals surface area contributed by atoms with E-state index in [0.717, 1.165) is 17.8 Å². The molecule has 0 atom stereocenters. The van der Waals surface area contributed by atoms with E-state index in [9.17, 15) is 27.9 Å². The molecule has 10 heteroatoms. The van der Waals surface area contributed by atoms with Gasteiger partial charge >= 0.3 is 12.1 Å². The minimum Gasteiger partial charge on any atom is -0.478 e. The average molecular weight is 534 g/mol. The third-order valence-electron chi connectivity index (χ3n) is 5.68. The third kappa shape index (κ3) is 5.21. The zero-order valence-corrected chi connectivity index (χ0v) is 20.3. The number of para-hydroxylation sites is 1. The summed E-state index contributed by atoms with van der Waals surface area (Å²) < 4.78 is 40.4. The van der Waals surface area contributed by atoms with Crippen molar-refractivity contribution in [2.75, 3.05) is 5.32 Å². The van der Waals surface area contributed by atoms with Gasteiger partial charge < -0.3 is 10.4 Å². The average Bonchev–Trinajstić information content (AvgIpc) is 3.57. The number of aromatic nitrogens is 2. The number of rotatable bonds is 6. The highest BCUT2D eigenvalue weighted by molar-refractivity contribution is 7.18. The van der Waals surface area contributed by atoms with E-state index in [2.05, 4.69) is 10.4 Å². The van der Waals surface area contributed by atoms with E-state index in [0.29, 0.717) is 26.7 Å². The first-order chi connectivity index (χ1) is 18.2. The zero-order valence-electron chi connectivity index (χ0n) is 19.4. The van der Waals surface area contributed by atoms with Gasteiger partial charge in [-0.15, -0.1) is 11.3 Å². The van der Waals surface area contributed by atoms with Crippen LogP contribution in [0.4, 0.5) is 18.9 Å². The summed E-state index contributed by atoms with van der Waals surface area (Å²) in [6.45, 7) is 0. The maximum atomic E-state index is 13.3. The van der Waals surface area contributed by atoms with E-state index in [4.69, 9.17) is 0 Å². The second-order valence-corrected chi connectivity index (χ2v) is 9.33. The van der Waals surface area contributed by atoms with Crippen LogP contribution in [0.2, 0.25) is 0 Å². The molecule has 0 unspecified atom stereocenters. The lowest BCUT2D eigenvalue weighted by Gasteiger charge is -2.06. The molecule has 0 spiro atoms. The Morgan fingerprint density at radius 2 is 1.58 bits per heavy atom. The fraction of sp³-hybridized carbons (Fsp3) is 0.0357. The zero-order chi connectivity index (χ0) is 26.9. The number of alkyl halides is 3. The lowest BCUT2D eigenvalue weighted by atomic mass is 10.1. The van der Waals surface area contributed by atoms with Crippen molar-refractivity contribution in [3.8, 4) is 26.7 Å². The topological polar surface area (TPSA) is 84.2 Å². The summed E-state index contributed by atoms with van der Waals surface area (Å²) in [5, 5.41) is 16.6. The Hall–Kier alpha value is -4.70. The van der Waals surface area contributed by atoms with Gasteiger partial charge in [-0.3, -0.25) is 4.79 Å². The maximum Gasteiger partial charge on any atom is 0.416 e. The monoisotopic (exact) mass is 533 g/mol. The number of halogens is 3. The molecule has 0 saturated heterocycles. The minimum absolute atomic E-state index is 0.0300. The van der Waals surface area contributed by atoms with Crippen LogP contribution in [-0.2, 0) is 6.18 Å². The number of anilines is 1. The molecular formula is C28H18F3N3O3S. The van der Waals surface area contributed by atoms with Crippen LogP contribution in [0.3, 0.4) is 0 Å². The molecule has 0 radical (unpaired) electrons. The lowest BCUT2D eigenvalue weighted by Crippen LogP contribution is -2.12. The molecular weight excluding hydrogens is 515 g/mol. The highest BCUT2D eigenvalue weighted by atomic mass is 32.1. The molecule has 0 saturated carbocycles. The molecule has 5 rings (SSSR count). The molecule has 38 heavy (non-hydrogen) atoms. The number of amides is 1. The SMILES string of the molecule is O=C(O)c1cccc(NC(=O)c2cn(-c3ccccc3)nc2-c2ccc(-c3ccc(C(F)(F)F)cc3)s2)c1. The van der Waals surface area contributed by atoms with Gasteiger partial charge in [-0.25, -0.2) is 9.48 Å². The van der Waals surface area contributed by atoms with Gasteiger partial charge in [-0.2, -0.15) is 18.3 Å². The van der Waals surface area contributed by atoms with Gasteiger partial charge in [0.15, 0.2) is 0 Å². The van der Waals surface area contributed by atoms with E-state index in [1.165, 1.54) is 41.7 Å². The van der Waals surface area contributed by atoms with Crippen molar-refractivity contribution in [1.29, 1.82) is 0 Å². The van der Waals surface area contributed by atoms with Crippen molar-refractivity contribution >= 4 is 28.9 Å². The van der Waals surface area contributed by atoms with Crippen LogP contribution in [0.5, 0.6) is 0 Å². The Morgan fingerprint density at radius 1 is 0.868 bits per heavy atom. The minimum atomic E-state index is -4.42. The van der Waals surface area contributed by atoms with Crippen molar-refractivity contribution in [1.82, 2.24) is 9.78 Å². The first-order valence-electron chi connectivity index (χ1n) is 11.3. The number of carbonyl (C=O) groups is 2. The summed E-state index contributed by atoms with van der Waals surface area (Å²) in [6.07, 6.45) is -2.84. The molecule has 0 aliphatic rings. The molecule has 2 aromatic heterocycles. The summed E-state index contributed by atoms with van der Waals surface area (Å²) in [5.41, 5.74) is 1.56. The van der Waals surface area contributed by atoms with Gasteiger partial charge in [0.1, 0.15) is 5.69 Å². The molecule has 0 bridgehead atoms. The summed E-state index contributed by atoms with van der Waals surface area (Å²) in [4.78, 5) is 26.0. The van der Waals surface area contributed by atoms with Crippen molar-refractivity contribution in [2.24, 2.45) is 0 Å². The van der Waals surface area contributed by atoms with Gasteiger partial charge in [0.2, 0.25) is 0 Å². The van der Waals surface area contributed by atoms with E-state index in [1.807, 2.05) is 30.3 Å². The summed E-state index contributed by atoms with van der Waals surface area (Å²) in [5.74, 6) is -1.61. The van der Waals surface area contributed by atoms with Crippen LogP contribution < -0.4 is 5.32 Å². The number of benzene rings is 3. The number of nitrogens with zero attached hydrogens (tertiary/aromatic N) is 2. The molecule has 2 heterocycles. The second kappa shape index (κ2) is 9.98. The van der Waals surface area contributed by atoms with Crippen molar-refractivity contribution in [2.45, 2.75) is 6.18 Å². The molecule has 6 nitrogen and oxygen atoms in total. The lowest BCUT2D eigenvalue weighted by molar-refractivity contribution is -0.137. The van der Waals surface area contributed by atoms with Crippen LogP contribution in [0.25, 0.3) is 26.7 Å². The van der Waals surface area contributed by atoms with Crippen LogP contribution >= 0.6 is 11.3 Å². The Kier molecular flexibility index (Phi) is 6.56. The van der Waals surface area contributed by atoms with Gasteiger partial charge in [0.25, 0.3) is 5.91 Å². The Balaban J connectivity index is 1.51. The van der Waals surface area contributed by atoms with E-state index >= 15 is 0 Å². The number of carboxylic acid groups (broad SMARTS) is 1. The first kappa shape index (κ1) is 25.0. The van der Waals surface area contributed by atoms with Crippen molar-refractivity contribution in [3.05, 3.63) is 114 Å². The van der Waals surface area contributed by atoms with Crippen molar-refractivity contribution in [3.63, 3.8) is 0 Å². The first-order valence-corrected chi connectivity index (χ1v) is 12.1. The predicted molar refractivity (Wildman–Crippen MR) is 139 cm³/mol. The normalized spacial score (nSPS) is 11.3. The molecule has 0 aliphatic carbocycles. The largest absolute Gasteiger partial charge is 0.478 e. The Bertz CT molecular complexity index is 1620. The van der Waals surface area contributed by atoms with Gasteiger partial charge in [-0.1, -0.05) is 36.4 Å². The van der Waals surface area contributed by atoms with Crippen LogP contribution in [0.1, 0.15) is 26.3 Å². The number of hydrogen-bond acceptors (Lipinski definition) is 4. The van der Waals surface area contributed by atoms with Gasteiger partial charge in [0, 0.05) is 16.8 Å².